The third-order valence-electron chi connectivity index (χ3n) is 3.76. The molecule has 2 aromatic carbocycles. The van der Waals surface area contributed by atoms with Gasteiger partial charge in [-0.15, -0.1) is 0 Å². The number of rotatable bonds is 5. The highest BCUT2D eigenvalue weighted by atomic mass is 35.5. The van der Waals surface area contributed by atoms with Gasteiger partial charge in [0.05, 0.1) is 5.03 Å². The molecule has 0 heterocycles. The third-order valence-corrected chi connectivity index (χ3v) is 7.54. The number of benzene rings is 2. The van der Waals surface area contributed by atoms with Gasteiger partial charge in [0, 0.05) is 10.7 Å². The zero-order valence-corrected chi connectivity index (χ0v) is 14.5. The van der Waals surface area contributed by atoms with Crippen LogP contribution in [0, 0.1) is 0 Å². The first-order valence-electron chi connectivity index (χ1n) is 7.29. The number of halogens is 2. The Morgan fingerprint density at radius 3 is 1.68 bits per heavy atom. The molecular formula is C19H17Cl2P. The molecule has 1 aliphatic carbocycles. The Bertz CT molecular complexity index is 636. The Labute approximate surface area is 143 Å². The molecule has 0 bridgehead atoms. The maximum Gasteiger partial charge on any atom is 0.0558 e. The van der Waals surface area contributed by atoms with Gasteiger partial charge in [0.25, 0.3) is 0 Å². The average molecular weight is 347 g/mol. The van der Waals surface area contributed by atoms with Crippen molar-refractivity contribution in [2.24, 2.45) is 0 Å². The fraction of sp³-hybridized carbons (Fsp3) is 0.158. The summed E-state index contributed by atoms with van der Waals surface area (Å²) in [6.07, 6.45) is 6.23. The molecule has 0 aromatic heterocycles. The van der Waals surface area contributed by atoms with Crippen LogP contribution in [0.1, 0.15) is 11.1 Å². The zero-order valence-electron chi connectivity index (χ0n) is 12.1. The minimum Gasteiger partial charge on any atom is -0.0865 e. The van der Waals surface area contributed by atoms with Gasteiger partial charge >= 0.3 is 0 Å². The predicted molar refractivity (Wildman–Crippen MR) is 98.9 cm³/mol. The van der Waals surface area contributed by atoms with Crippen molar-refractivity contribution in [3.8, 4) is 0 Å². The molecule has 0 nitrogen and oxygen atoms in total. The lowest BCUT2D eigenvalue weighted by molar-refractivity contribution is 1.25. The zero-order chi connectivity index (χ0) is 15.4. The Morgan fingerprint density at radius 1 is 0.773 bits per heavy atom. The largest absolute Gasteiger partial charge is 0.0865 e. The Balaban J connectivity index is 1.84. The first-order chi connectivity index (χ1) is 10.7. The summed E-state index contributed by atoms with van der Waals surface area (Å²) >= 11 is 12.6. The van der Waals surface area contributed by atoms with E-state index < -0.39 is 0 Å². The summed E-state index contributed by atoms with van der Waals surface area (Å²) in [5.41, 5.74) is 3.00. The molecule has 0 spiro atoms. The quantitative estimate of drug-likeness (QED) is 0.542. The summed E-state index contributed by atoms with van der Waals surface area (Å²) in [6.45, 7) is 0. The van der Waals surface area contributed by atoms with Crippen molar-refractivity contribution in [1.82, 2.24) is 0 Å². The molecule has 112 valence electrons. The van der Waals surface area contributed by atoms with Crippen molar-refractivity contribution in [2.45, 2.75) is 18.0 Å². The van der Waals surface area contributed by atoms with Gasteiger partial charge in [0.1, 0.15) is 0 Å². The van der Waals surface area contributed by atoms with E-state index in [0.29, 0.717) is 5.03 Å². The maximum atomic E-state index is 6.46. The van der Waals surface area contributed by atoms with E-state index in [2.05, 4.69) is 66.7 Å². The lowest BCUT2D eigenvalue weighted by Gasteiger charge is -2.24. The molecule has 2 aromatic rings. The fourth-order valence-corrected chi connectivity index (χ4v) is 6.12. The standard InChI is InChI=1S/C19H17Cl2P/c20-17-11-12-18(19(17)21)22(13-15-7-3-1-4-8-15)14-16-9-5-2-6-10-16/h1-12,18H,13-14H2. The summed E-state index contributed by atoms with van der Waals surface area (Å²) in [4.78, 5) is 0. The highest BCUT2D eigenvalue weighted by molar-refractivity contribution is 7.57. The smallest absolute Gasteiger partial charge is 0.0558 e. The number of hydrogen-bond acceptors (Lipinski definition) is 0. The minimum atomic E-state index is -0.341. The second-order valence-corrected chi connectivity index (χ2v) is 8.56. The molecule has 0 amide bonds. The topological polar surface area (TPSA) is 0 Å². The third kappa shape index (κ3) is 3.82. The number of hydrogen-bond donors (Lipinski definition) is 0. The highest BCUT2D eigenvalue weighted by Gasteiger charge is 2.26. The normalized spacial score (nSPS) is 17.5. The van der Waals surface area contributed by atoms with Crippen molar-refractivity contribution in [3.05, 3.63) is 94.0 Å². The lowest BCUT2D eigenvalue weighted by Crippen LogP contribution is -2.04. The van der Waals surface area contributed by atoms with E-state index >= 15 is 0 Å². The van der Waals surface area contributed by atoms with E-state index in [1.807, 2.05) is 6.08 Å². The van der Waals surface area contributed by atoms with Gasteiger partial charge in [-0.2, -0.15) is 0 Å². The molecule has 0 fully saturated rings. The average Bonchev–Trinajstić information content (AvgIpc) is 2.88. The van der Waals surface area contributed by atoms with Crippen LogP contribution in [-0.2, 0) is 12.3 Å². The molecule has 0 radical (unpaired) electrons. The van der Waals surface area contributed by atoms with Crippen LogP contribution in [0.25, 0.3) is 0 Å². The molecule has 1 atom stereocenters. The summed E-state index contributed by atoms with van der Waals surface area (Å²) in [6, 6.07) is 21.3. The molecule has 0 saturated heterocycles. The van der Waals surface area contributed by atoms with Crippen molar-refractivity contribution < 1.29 is 0 Å². The van der Waals surface area contributed by atoms with E-state index in [9.17, 15) is 0 Å². The molecule has 0 N–H and O–H groups in total. The molecule has 3 rings (SSSR count). The molecule has 22 heavy (non-hydrogen) atoms. The van der Waals surface area contributed by atoms with Gasteiger partial charge < -0.3 is 0 Å². The van der Waals surface area contributed by atoms with E-state index in [4.69, 9.17) is 23.2 Å². The first kappa shape index (κ1) is 15.8. The summed E-state index contributed by atoms with van der Waals surface area (Å²) < 4.78 is 0. The first-order valence-corrected chi connectivity index (χ1v) is 9.83. The van der Waals surface area contributed by atoms with Crippen LogP contribution in [0.15, 0.2) is 82.9 Å². The summed E-state index contributed by atoms with van der Waals surface area (Å²) in [7, 11) is -0.341. The Hall–Kier alpha value is -1.07. The van der Waals surface area contributed by atoms with Gasteiger partial charge in [-0.1, -0.05) is 97.9 Å². The molecule has 0 aliphatic heterocycles. The van der Waals surface area contributed by atoms with Gasteiger partial charge in [-0.25, -0.2) is 0 Å². The minimum absolute atomic E-state index is 0.268. The van der Waals surface area contributed by atoms with Crippen LogP contribution in [0.2, 0.25) is 0 Å². The lowest BCUT2D eigenvalue weighted by atomic mass is 10.2. The van der Waals surface area contributed by atoms with Crippen LogP contribution in [0.3, 0.4) is 0 Å². The Kier molecular flexibility index (Phi) is 5.37. The van der Waals surface area contributed by atoms with Crippen LogP contribution in [0.5, 0.6) is 0 Å². The molecule has 0 saturated carbocycles. The van der Waals surface area contributed by atoms with Gasteiger partial charge in [0.15, 0.2) is 0 Å². The van der Waals surface area contributed by atoms with Crippen molar-refractivity contribution >= 4 is 31.1 Å². The van der Waals surface area contributed by atoms with Crippen molar-refractivity contribution in [2.75, 3.05) is 0 Å². The molecule has 1 unspecified atom stereocenters. The second-order valence-electron chi connectivity index (χ2n) is 5.38. The Morgan fingerprint density at radius 2 is 1.27 bits per heavy atom. The van der Waals surface area contributed by atoms with Crippen molar-refractivity contribution in [1.29, 1.82) is 0 Å². The van der Waals surface area contributed by atoms with E-state index in [0.717, 1.165) is 17.4 Å². The molecule has 3 heteroatoms. The van der Waals surface area contributed by atoms with Crippen LogP contribution < -0.4 is 0 Å². The van der Waals surface area contributed by atoms with Crippen LogP contribution >= 0.6 is 31.1 Å². The molecular weight excluding hydrogens is 330 g/mol. The SMILES string of the molecule is ClC1=C(Cl)C(P(Cc2ccccc2)Cc2ccccc2)C=C1. The summed E-state index contributed by atoms with van der Waals surface area (Å²) in [5.74, 6) is 0. The summed E-state index contributed by atoms with van der Waals surface area (Å²) in [5, 5.41) is 1.50. The monoisotopic (exact) mass is 346 g/mol. The molecule has 1 aliphatic rings. The van der Waals surface area contributed by atoms with Gasteiger partial charge in [0.2, 0.25) is 0 Å². The van der Waals surface area contributed by atoms with E-state index in [-0.39, 0.29) is 13.6 Å². The van der Waals surface area contributed by atoms with Crippen LogP contribution in [0.4, 0.5) is 0 Å². The number of allylic oxidation sites excluding steroid dienone is 4. The second kappa shape index (κ2) is 7.47. The van der Waals surface area contributed by atoms with Gasteiger partial charge in [-0.3, -0.25) is 0 Å². The van der Waals surface area contributed by atoms with Crippen molar-refractivity contribution in [3.63, 3.8) is 0 Å². The van der Waals surface area contributed by atoms with E-state index in [1.165, 1.54) is 11.1 Å². The highest BCUT2D eigenvalue weighted by Crippen LogP contribution is 2.54. The predicted octanol–water partition coefficient (Wildman–Crippen LogP) is 6.50. The maximum absolute atomic E-state index is 6.46. The van der Waals surface area contributed by atoms with Crippen LogP contribution in [-0.4, -0.2) is 5.66 Å². The fourth-order valence-electron chi connectivity index (χ4n) is 2.65. The van der Waals surface area contributed by atoms with E-state index in [1.54, 1.807) is 0 Å². The van der Waals surface area contributed by atoms with Gasteiger partial charge in [-0.05, 0) is 29.5 Å².